The topological polar surface area (TPSA) is 161 Å². The summed E-state index contributed by atoms with van der Waals surface area (Å²) >= 11 is 0. The number of carbonyl (C=O) groups excluding carboxylic acids is 2. The molecule has 14 heteroatoms. The molecule has 264 valence electrons. The van der Waals surface area contributed by atoms with Gasteiger partial charge in [-0.05, 0) is 96.5 Å². The van der Waals surface area contributed by atoms with E-state index in [9.17, 15) is 23.1 Å². The summed E-state index contributed by atoms with van der Waals surface area (Å²) in [6, 6.07) is 17.9. The number of fused-ring (bicyclic) bond motifs is 1. The van der Waals surface area contributed by atoms with Gasteiger partial charge in [-0.2, -0.15) is 9.78 Å². The van der Waals surface area contributed by atoms with Crippen molar-refractivity contribution in [2.45, 2.75) is 70.7 Å². The molecule has 0 radical (unpaired) electrons. The van der Waals surface area contributed by atoms with Crippen LogP contribution in [-0.2, 0) is 19.5 Å². The van der Waals surface area contributed by atoms with E-state index in [1.54, 1.807) is 104 Å². The average Bonchev–Trinajstić information content (AvgIpc) is 3.34. The molecule has 4 rings (SSSR count). The van der Waals surface area contributed by atoms with Gasteiger partial charge in [-0.15, -0.1) is 0 Å². The molecule has 0 unspecified atom stereocenters. The van der Waals surface area contributed by atoms with Crippen LogP contribution in [0.5, 0.6) is 5.75 Å². The number of nitrogens with one attached hydrogen (secondary N) is 2. The third-order valence-electron chi connectivity index (χ3n) is 7.04. The quantitative estimate of drug-likeness (QED) is 0.162. The Morgan fingerprint density at radius 2 is 1.61 bits per heavy atom. The molecule has 0 spiro atoms. The number of aromatic nitrogens is 2. The number of hydrogen-bond acceptors (Lipinski definition) is 10. The van der Waals surface area contributed by atoms with Gasteiger partial charge in [-0.1, -0.05) is 18.2 Å². The van der Waals surface area contributed by atoms with Gasteiger partial charge in [-0.25, -0.2) is 18.0 Å². The lowest BCUT2D eigenvalue weighted by Crippen LogP contribution is -2.41. The van der Waals surface area contributed by atoms with E-state index in [1.165, 1.54) is 27.8 Å². The molecule has 1 amide bonds. The van der Waals surface area contributed by atoms with E-state index in [-0.39, 0.29) is 30.3 Å². The Kier molecular flexibility index (Phi) is 11.1. The number of amides is 1. The fourth-order valence-corrected chi connectivity index (χ4v) is 5.89. The van der Waals surface area contributed by atoms with Crippen LogP contribution < -0.4 is 14.8 Å². The minimum Gasteiger partial charge on any atom is -0.492 e. The molecule has 0 aliphatic carbocycles. The number of hydrogen-bond donors (Lipinski definition) is 3. The van der Waals surface area contributed by atoms with Gasteiger partial charge < -0.3 is 29.5 Å². The number of rotatable bonds is 11. The Balaban J connectivity index is 1.49. The van der Waals surface area contributed by atoms with Crippen LogP contribution in [0.1, 0.15) is 58.9 Å². The van der Waals surface area contributed by atoms with Crippen molar-refractivity contribution in [3.05, 3.63) is 78.0 Å². The normalized spacial score (nSPS) is 12.7. The Morgan fingerprint density at radius 3 is 2.29 bits per heavy atom. The first-order valence-electron chi connectivity index (χ1n) is 15.8. The summed E-state index contributed by atoms with van der Waals surface area (Å²) in [4.78, 5) is 27.4. The number of nitrogens with zero attached hydrogens (tertiary/aromatic N) is 3. The predicted molar refractivity (Wildman–Crippen MR) is 188 cm³/mol. The number of anilines is 2. The van der Waals surface area contributed by atoms with Crippen molar-refractivity contribution in [3.8, 4) is 5.75 Å². The fourth-order valence-electron chi connectivity index (χ4n) is 4.80. The molecule has 3 N–H and O–H groups in total. The highest BCUT2D eigenvalue weighted by atomic mass is 32.2. The first-order chi connectivity index (χ1) is 22.8. The summed E-state index contributed by atoms with van der Waals surface area (Å²) in [5, 5.41) is 19.2. The van der Waals surface area contributed by atoms with Crippen molar-refractivity contribution in [3.63, 3.8) is 0 Å². The van der Waals surface area contributed by atoms with Crippen LogP contribution >= 0.6 is 0 Å². The molecule has 0 saturated carbocycles. The maximum absolute atomic E-state index is 13.2. The van der Waals surface area contributed by atoms with Crippen LogP contribution in [0.25, 0.3) is 10.9 Å². The van der Waals surface area contributed by atoms with Gasteiger partial charge in [-0.3, -0.25) is 4.72 Å². The minimum atomic E-state index is -3.92. The molecule has 0 aliphatic rings. The summed E-state index contributed by atoms with van der Waals surface area (Å²) in [7, 11) is -2.22. The molecule has 0 fully saturated rings. The van der Waals surface area contributed by atoms with Gasteiger partial charge in [0.05, 0.1) is 35.3 Å². The second kappa shape index (κ2) is 14.7. The Labute approximate surface area is 287 Å². The Morgan fingerprint density at radius 1 is 0.939 bits per heavy atom. The van der Waals surface area contributed by atoms with Crippen molar-refractivity contribution in [2.24, 2.45) is 0 Å². The van der Waals surface area contributed by atoms with E-state index in [0.717, 1.165) is 5.39 Å². The number of ether oxygens (including phenoxy) is 3. The summed E-state index contributed by atoms with van der Waals surface area (Å²) < 4.78 is 46.9. The Bertz CT molecular complexity index is 1910. The second-order valence-corrected chi connectivity index (χ2v) is 15.1. The third kappa shape index (κ3) is 10.1. The van der Waals surface area contributed by atoms with Gasteiger partial charge in [0.2, 0.25) is 0 Å². The lowest BCUT2D eigenvalue weighted by atomic mass is 10.1. The second-order valence-electron chi connectivity index (χ2n) is 13.5. The maximum atomic E-state index is 13.2. The molecule has 13 nitrogen and oxygen atoms in total. The van der Waals surface area contributed by atoms with Gasteiger partial charge in [0.25, 0.3) is 10.0 Å². The molecule has 49 heavy (non-hydrogen) atoms. The molecular formula is C35H45N5O8S. The summed E-state index contributed by atoms with van der Waals surface area (Å²) in [5.74, 6) is 0.433. The van der Waals surface area contributed by atoms with Gasteiger partial charge in [0.15, 0.2) is 0 Å². The first kappa shape index (κ1) is 37.0. The number of benzene rings is 3. The van der Waals surface area contributed by atoms with Crippen LogP contribution in [0.4, 0.5) is 21.0 Å². The zero-order valence-electron chi connectivity index (χ0n) is 29.1. The average molecular weight is 696 g/mol. The first-order valence-corrected chi connectivity index (χ1v) is 17.3. The van der Waals surface area contributed by atoms with Crippen LogP contribution in [0.15, 0.2) is 71.6 Å². The highest BCUT2D eigenvalue weighted by Gasteiger charge is 2.26. The maximum Gasteiger partial charge on any atom is 0.435 e. The van der Waals surface area contributed by atoms with Gasteiger partial charge in [0.1, 0.15) is 23.6 Å². The molecule has 0 saturated heterocycles. The van der Waals surface area contributed by atoms with E-state index < -0.39 is 39.5 Å². The third-order valence-corrected chi connectivity index (χ3v) is 8.41. The number of sulfonamides is 1. The molecule has 1 aromatic heterocycles. The smallest absolute Gasteiger partial charge is 0.435 e. The van der Waals surface area contributed by atoms with Crippen LogP contribution in [-0.4, -0.2) is 78.3 Å². The summed E-state index contributed by atoms with van der Waals surface area (Å²) in [5.41, 5.74) is 0.922. The predicted octanol–water partition coefficient (Wildman–Crippen LogP) is 6.32. The summed E-state index contributed by atoms with van der Waals surface area (Å²) in [6.45, 7) is 12.2. The molecular weight excluding hydrogens is 650 g/mol. The zero-order valence-corrected chi connectivity index (χ0v) is 29.9. The SMILES string of the molecule is CNc1cccc(S(=O)(=O)Nc2cccc([C@@H](O)CN(CCOc3ccc4c(C)nn(C(=O)OC(C)(C)C)c4c3)C(=O)OC(C)(C)C)c2)c1. The van der Waals surface area contributed by atoms with Crippen molar-refractivity contribution < 1.29 is 37.3 Å². The highest BCUT2D eigenvalue weighted by Crippen LogP contribution is 2.26. The van der Waals surface area contributed by atoms with E-state index in [2.05, 4.69) is 15.1 Å². The lowest BCUT2D eigenvalue weighted by molar-refractivity contribution is 0.0117. The molecule has 0 aliphatic heterocycles. The Hall–Kier alpha value is -4.82. The van der Waals surface area contributed by atoms with Crippen molar-refractivity contribution in [1.82, 2.24) is 14.7 Å². The fraction of sp³-hybridized carbons (Fsp3) is 0.400. The zero-order chi connectivity index (χ0) is 36.1. The van der Waals surface area contributed by atoms with Crippen LogP contribution in [0.2, 0.25) is 0 Å². The van der Waals surface area contributed by atoms with Crippen molar-refractivity contribution >= 4 is 44.5 Å². The molecule has 4 aromatic rings. The minimum absolute atomic E-state index is 0.0303. The number of aliphatic hydroxyl groups excluding tert-OH is 1. The molecule has 0 bridgehead atoms. The van der Waals surface area contributed by atoms with Crippen molar-refractivity contribution in [1.29, 1.82) is 0 Å². The number of aryl methyl sites for hydroxylation is 1. The standard InChI is InChI=1S/C35H45N5O8S/c1-23-29-16-15-27(21-30(29)40(37-23)33(43)48-35(5,6)7)46-18-17-39(32(42)47-34(2,3)4)22-31(41)24-11-9-13-26(19-24)38-49(44,45)28-14-10-12-25(20-28)36-8/h9-16,19-21,31,36,38,41H,17-18,22H2,1-8H3/t31-/m0/s1. The number of carbonyl (C=O) groups is 2. The van der Waals surface area contributed by atoms with Gasteiger partial charge in [0, 0.05) is 29.9 Å². The largest absolute Gasteiger partial charge is 0.492 e. The van der Waals surface area contributed by atoms with Crippen molar-refractivity contribution in [2.75, 3.05) is 36.8 Å². The van der Waals surface area contributed by atoms with E-state index in [0.29, 0.717) is 28.2 Å². The lowest BCUT2D eigenvalue weighted by Gasteiger charge is -2.29. The molecule has 3 aromatic carbocycles. The molecule has 1 heterocycles. The van der Waals surface area contributed by atoms with Gasteiger partial charge >= 0.3 is 12.2 Å². The molecule has 1 atom stereocenters. The monoisotopic (exact) mass is 695 g/mol. The van der Waals surface area contributed by atoms with E-state index >= 15 is 0 Å². The van der Waals surface area contributed by atoms with Crippen LogP contribution in [0.3, 0.4) is 0 Å². The number of aliphatic hydroxyl groups is 1. The summed E-state index contributed by atoms with van der Waals surface area (Å²) in [6.07, 6.45) is -2.47. The van der Waals surface area contributed by atoms with E-state index in [4.69, 9.17) is 14.2 Å². The van der Waals surface area contributed by atoms with Crippen LogP contribution in [0, 0.1) is 6.92 Å². The highest BCUT2D eigenvalue weighted by molar-refractivity contribution is 7.92. The van der Waals surface area contributed by atoms with E-state index in [1.807, 2.05) is 0 Å².